The molecule has 0 saturated carbocycles. The molecule has 0 radical (unpaired) electrons. The molecule has 0 aliphatic carbocycles. The van der Waals surface area contributed by atoms with Crippen LogP contribution in [0.1, 0.15) is 23.8 Å². The molecule has 1 N–H and O–H groups in total. The molecule has 2 saturated heterocycles. The number of halogens is 1. The Balaban J connectivity index is 1.79. The molecule has 0 spiro atoms. The van der Waals surface area contributed by atoms with Crippen LogP contribution in [-0.4, -0.2) is 72.7 Å². The van der Waals surface area contributed by atoms with Gasteiger partial charge in [-0.3, -0.25) is 14.6 Å². The summed E-state index contributed by atoms with van der Waals surface area (Å²) in [6.45, 7) is 2.99. The number of alkyl halides is 1. The molecule has 2 amide bonds. The molecule has 1 aromatic rings. The number of pyridine rings is 1. The van der Waals surface area contributed by atoms with Gasteiger partial charge in [0, 0.05) is 31.4 Å². The number of rotatable bonds is 4. The molecule has 0 unspecified atom stereocenters. The summed E-state index contributed by atoms with van der Waals surface area (Å²) in [5.41, 5.74) is 0.791. The number of likely N-dealkylation sites (tertiary alicyclic amines) is 1. The number of amides is 2. The molecule has 2 aliphatic rings. The lowest BCUT2D eigenvalue weighted by atomic mass is 10.2. The predicted octanol–water partition coefficient (Wildman–Crippen LogP) is 0.134. The van der Waals surface area contributed by atoms with Crippen LogP contribution < -0.4 is 10.2 Å². The van der Waals surface area contributed by atoms with Gasteiger partial charge in [0.05, 0.1) is 19.7 Å². The molecule has 2 fully saturated rings. The Kier molecular flexibility index (Phi) is 5.34. The van der Waals surface area contributed by atoms with Gasteiger partial charge in [-0.2, -0.15) is 0 Å². The zero-order valence-electron chi connectivity index (χ0n) is 14.5. The molecule has 0 aromatic carbocycles. The first kappa shape index (κ1) is 18.1. The van der Waals surface area contributed by atoms with E-state index >= 15 is 0 Å². The summed E-state index contributed by atoms with van der Waals surface area (Å²) < 4.78 is 18.8. The average molecular weight is 364 g/mol. The van der Waals surface area contributed by atoms with E-state index in [1.807, 2.05) is 4.90 Å². The highest BCUT2D eigenvalue weighted by Crippen LogP contribution is 2.24. The topological polar surface area (TPSA) is 91.8 Å². The number of nitrogens with zero attached hydrogens (tertiary/aromatic N) is 3. The highest BCUT2D eigenvalue weighted by atomic mass is 19.1. The normalized spacial score (nSPS) is 22.9. The summed E-state index contributed by atoms with van der Waals surface area (Å²) in [6, 6.07) is 2.33. The molecule has 8 nitrogen and oxygen atoms in total. The molecule has 1 aromatic heterocycles. The van der Waals surface area contributed by atoms with Crippen molar-refractivity contribution < 1.29 is 23.5 Å². The van der Waals surface area contributed by atoms with Crippen molar-refractivity contribution in [2.24, 2.45) is 0 Å². The third-order valence-corrected chi connectivity index (χ3v) is 4.44. The fourth-order valence-electron chi connectivity index (χ4n) is 3.21. The molecule has 3 heterocycles. The van der Waals surface area contributed by atoms with E-state index in [0.717, 1.165) is 0 Å². The Labute approximate surface area is 150 Å². The third-order valence-electron chi connectivity index (χ3n) is 4.44. The number of carbonyl (C=O) groups excluding carboxylic acids is 3. The van der Waals surface area contributed by atoms with Gasteiger partial charge >= 0.3 is 5.97 Å². The first-order chi connectivity index (χ1) is 12.5. The van der Waals surface area contributed by atoms with E-state index < -0.39 is 24.1 Å². The maximum Gasteiger partial charge on any atom is 0.328 e. The van der Waals surface area contributed by atoms with Crippen molar-refractivity contribution in [3.8, 4) is 0 Å². The number of ether oxygens (including phenoxy) is 1. The fourth-order valence-corrected chi connectivity index (χ4v) is 3.21. The van der Waals surface area contributed by atoms with Crippen molar-refractivity contribution in [2.45, 2.75) is 25.6 Å². The van der Waals surface area contributed by atoms with E-state index in [2.05, 4.69) is 10.3 Å². The molecule has 9 heteroatoms. The number of hydrogen-bond donors (Lipinski definition) is 1. The summed E-state index contributed by atoms with van der Waals surface area (Å²) in [5, 5.41) is 2.73. The van der Waals surface area contributed by atoms with Crippen LogP contribution >= 0.6 is 0 Å². The highest BCUT2D eigenvalue weighted by molar-refractivity contribution is 5.96. The number of aromatic nitrogens is 1. The molecule has 140 valence electrons. The van der Waals surface area contributed by atoms with Crippen LogP contribution in [-0.2, 0) is 14.3 Å². The average Bonchev–Trinajstić information content (AvgIpc) is 3.03. The van der Waals surface area contributed by atoms with E-state index in [4.69, 9.17) is 4.74 Å². The molecule has 2 aliphatic heterocycles. The van der Waals surface area contributed by atoms with Crippen LogP contribution in [0.25, 0.3) is 0 Å². The first-order valence-electron chi connectivity index (χ1n) is 8.59. The van der Waals surface area contributed by atoms with E-state index in [9.17, 15) is 18.8 Å². The lowest BCUT2D eigenvalue weighted by Gasteiger charge is -2.29. The zero-order chi connectivity index (χ0) is 18.7. The summed E-state index contributed by atoms with van der Waals surface area (Å²) in [7, 11) is 0. The Morgan fingerprint density at radius 3 is 3.00 bits per heavy atom. The van der Waals surface area contributed by atoms with Gasteiger partial charge in [-0.1, -0.05) is 0 Å². The van der Waals surface area contributed by atoms with E-state index in [1.54, 1.807) is 19.1 Å². The van der Waals surface area contributed by atoms with E-state index in [1.165, 1.54) is 11.1 Å². The van der Waals surface area contributed by atoms with Crippen molar-refractivity contribution in [3.05, 3.63) is 24.0 Å². The molecule has 3 rings (SSSR count). The molecule has 0 bridgehead atoms. The predicted molar refractivity (Wildman–Crippen MR) is 90.4 cm³/mol. The summed E-state index contributed by atoms with van der Waals surface area (Å²) >= 11 is 0. The van der Waals surface area contributed by atoms with Gasteiger partial charge in [-0.15, -0.1) is 0 Å². The van der Waals surface area contributed by atoms with Crippen LogP contribution in [0.15, 0.2) is 18.3 Å². The number of anilines is 1. The van der Waals surface area contributed by atoms with Gasteiger partial charge in [-0.25, -0.2) is 9.18 Å². The first-order valence-corrected chi connectivity index (χ1v) is 8.59. The van der Waals surface area contributed by atoms with Gasteiger partial charge in [0.2, 0.25) is 5.91 Å². The van der Waals surface area contributed by atoms with Crippen molar-refractivity contribution in [1.29, 1.82) is 0 Å². The monoisotopic (exact) mass is 364 g/mol. The quantitative estimate of drug-likeness (QED) is 0.764. The second-order valence-electron chi connectivity index (χ2n) is 6.23. The Bertz CT molecular complexity index is 714. The van der Waals surface area contributed by atoms with Crippen LogP contribution in [0.3, 0.4) is 0 Å². The van der Waals surface area contributed by atoms with Gasteiger partial charge in [0.1, 0.15) is 17.9 Å². The number of carbonyl (C=O) groups is 3. The standard InChI is InChI=1S/C17H21FN4O4/c1-2-26-17(25)14-7-11(18)9-22(14)16(24)13-8-12(3-4-19-13)21-6-5-20-15(23)10-21/h3-4,8,11,14H,2,5-7,9-10H2,1H3,(H,20,23)/t11-,14-/m0/s1. The lowest BCUT2D eigenvalue weighted by molar-refractivity contribution is -0.147. The second-order valence-corrected chi connectivity index (χ2v) is 6.23. The zero-order valence-corrected chi connectivity index (χ0v) is 14.5. The van der Waals surface area contributed by atoms with E-state index in [-0.39, 0.29) is 37.7 Å². The van der Waals surface area contributed by atoms with Crippen molar-refractivity contribution in [1.82, 2.24) is 15.2 Å². The third kappa shape index (κ3) is 3.76. The highest BCUT2D eigenvalue weighted by Gasteiger charge is 2.41. The Hall–Kier alpha value is -2.71. The molecule has 26 heavy (non-hydrogen) atoms. The van der Waals surface area contributed by atoms with Crippen molar-refractivity contribution in [2.75, 3.05) is 37.7 Å². The summed E-state index contributed by atoms with van der Waals surface area (Å²) in [4.78, 5) is 43.5. The van der Waals surface area contributed by atoms with E-state index in [0.29, 0.717) is 18.8 Å². The minimum atomic E-state index is -1.28. The summed E-state index contributed by atoms with van der Waals surface area (Å²) in [6.07, 6.45) is 0.121. The van der Waals surface area contributed by atoms with Crippen LogP contribution in [0.5, 0.6) is 0 Å². The summed E-state index contributed by atoms with van der Waals surface area (Å²) in [5.74, 6) is -1.22. The minimum absolute atomic E-state index is 0.0729. The van der Waals surface area contributed by atoms with Gasteiger partial charge in [0.15, 0.2) is 0 Å². The minimum Gasteiger partial charge on any atom is -0.464 e. The Morgan fingerprint density at radius 2 is 2.27 bits per heavy atom. The fraction of sp³-hybridized carbons (Fsp3) is 0.529. The SMILES string of the molecule is CCOC(=O)[C@@H]1C[C@H](F)CN1C(=O)c1cc(N2CCNC(=O)C2)ccn1. The molecular weight excluding hydrogens is 343 g/mol. The number of esters is 1. The van der Waals surface area contributed by atoms with Crippen molar-refractivity contribution in [3.63, 3.8) is 0 Å². The van der Waals surface area contributed by atoms with Crippen LogP contribution in [0, 0.1) is 0 Å². The van der Waals surface area contributed by atoms with Crippen LogP contribution in [0.2, 0.25) is 0 Å². The smallest absolute Gasteiger partial charge is 0.328 e. The van der Waals surface area contributed by atoms with Crippen molar-refractivity contribution >= 4 is 23.5 Å². The maximum atomic E-state index is 13.8. The largest absolute Gasteiger partial charge is 0.464 e. The number of piperazine rings is 1. The van der Waals surface area contributed by atoms with Gasteiger partial charge in [0.25, 0.3) is 5.91 Å². The van der Waals surface area contributed by atoms with Gasteiger partial charge in [-0.05, 0) is 19.1 Å². The maximum absolute atomic E-state index is 13.8. The number of nitrogens with one attached hydrogen (secondary N) is 1. The molecular formula is C17H21FN4O4. The Morgan fingerprint density at radius 1 is 1.46 bits per heavy atom. The van der Waals surface area contributed by atoms with Crippen LogP contribution in [0.4, 0.5) is 10.1 Å². The molecule has 2 atom stereocenters. The lowest BCUT2D eigenvalue weighted by Crippen LogP contribution is -2.47. The van der Waals surface area contributed by atoms with Gasteiger partial charge < -0.3 is 19.9 Å². The second kappa shape index (κ2) is 7.67. The number of hydrogen-bond acceptors (Lipinski definition) is 6.